The number of aromatic nitrogens is 2. The minimum atomic E-state index is -0.0841. The molecule has 0 saturated carbocycles. The van der Waals surface area contributed by atoms with Crippen LogP contribution in [0.15, 0.2) is 12.4 Å². The van der Waals surface area contributed by atoms with Crippen LogP contribution in [0.3, 0.4) is 0 Å². The Kier molecular flexibility index (Phi) is 2.17. The number of hydrogen-bond donors (Lipinski definition) is 1. The van der Waals surface area contributed by atoms with Gasteiger partial charge in [-0.05, 0) is 6.92 Å². The van der Waals surface area contributed by atoms with E-state index in [1.54, 1.807) is 11.1 Å². The number of nitrogens with zero attached hydrogens (tertiary/aromatic N) is 3. The Labute approximate surface area is 82.0 Å². The van der Waals surface area contributed by atoms with Crippen LogP contribution in [-0.2, 0) is 0 Å². The van der Waals surface area contributed by atoms with Crippen LogP contribution in [0.5, 0.6) is 0 Å². The highest BCUT2D eigenvalue weighted by Gasteiger charge is 2.28. The van der Waals surface area contributed by atoms with Gasteiger partial charge < -0.3 is 10.6 Å². The summed E-state index contributed by atoms with van der Waals surface area (Å²) in [7, 11) is 0. The van der Waals surface area contributed by atoms with Crippen LogP contribution in [0.1, 0.15) is 16.2 Å². The van der Waals surface area contributed by atoms with Gasteiger partial charge in [-0.1, -0.05) is 0 Å². The predicted molar refractivity (Wildman–Crippen MR) is 50.6 cm³/mol. The fourth-order valence-electron chi connectivity index (χ4n) is 1.34. The molecule has 1 fully saturated rings. The number of amides is 1. The molecule has 2 heterocycles. The van der Waals surface area contributed by atoms with E-state index in [4.69, 9.17) is 5.73 Å². The summed E-state index contributed by atoms with van der Waals surface area (Å²) in [5, 5.41) is 0. The second-order valence-corrected chi connectivity index (χ2v) is 3.51. The van der Waals surface area contributed by atoms with E-state index in [2.05, 4.69) is 9.97 Å². The molecule has 0 radical (unpaired) electrons. The number of nitrogens with two attached hydrogens (primary N) is 1. The van der Waals surface area contributed by atoms with Gasteiger partial charge in [0, 0.05) is 25.3 Å². The summed E-state index contributed by atoms with van der Waals surface area (Å²) >= 11 is 0. The maximum absolute atomic E-state index is 11.7. The second kappa shape index (κ2) is 3.34. The Morgan fingerprint density at radius 1 is 1.50 bits per heavy atom. The molecule has 0 aromatic carbocycles. The molecule has 5 heteroatoms. The van der Waals surface area contributed by atoms with E-state index in [0.717, 1.165) is 5.69 Å². The van der Waals surface area contributed by atoms with Gasteiger partial charge in [-0.25, -0.2) is 4.98 Å². The predicted octanol–water partition coefficient (Wildman–Crippen LogP) is -0.432. The molecular formula is C9H12N4O. The van der Waals surface area contributed by atoms with Gasteiger partial charge in [-0.3, -0.25) is 9.78 Å². The zero-order chi connectivity index (χ0) is 10.1. The van der Waals surface area contributed by atoms with E-state index in [0.29, 0.717) is 18.8 Å². The van der Waals surface area contributed by atoms with Crippen LogP contribution >= 0.6 is 0 Å². The average Bonchev–Trinajstić information content (AvgIpc) is 2.13. The lowest BCUT2D eigenvalue weighted by Gasteiger charge is -2.36. The van der Waals surface area contributed by atoms with E-state index >= 15 is 0 Å². The van der Waals surface area contributed by atoms with E-state index in [1.807, 2.05) is 6.92 Å². The van der Waals surface area contributed by atoms with E-state index in [9.17, 15) is 4.79 Å². The van der Waals surface area contributed by atoms with Crippen molar-refractivity contribution in [3.63, 3.8) is 0 Å². The zero-order valence-electron chi connectivity index (χ0n) is 7.97. The van der Waals surface area contributed by atoms with Gasteiger partial charge in [0.2, 0.25) is 0 Å². The molecule has 2 rings (SSSR count). The summed E-state index contributed by atoms with van der Waals surface area (Å²) in [6.07, 6.45) is 3.09. The number of likely N-dealkylation sites (tertiary alicyclic amines) is 1. The van der Waals surface area contributed by atoms with Crippen molar-refractivity contribution >= 4 is 5.91 Å². The molecule has 1 aliphatic rings. The fourth-order valence-corrected chi connectivity index (χ4v) is 1.34. The van der Waals surface area contributed by atoms with Crippen molar-refractivity contribution in [1.29, 1.82) is 0 Å². The van der Waals surface area contributed by atoms with Gasteiger partial charge in [0.25, 0.3) is 5.91 Å². The number of carbonyl (C=O) groups excluding carboxylic acids is 1. The molecule has 14 heavy (non-hydrogen) atoms. The zero-order valence-corrected chi connectivity index (χ0v) is 7.97. The second-order valence-electron chi connectivity index (χ2n) is 3.51. The van der Waals surface area contributed by atoms with Crippen LogP contribution in [0, 0.1) is 6.92 Å². The molecule has 1 aromatic rings. The average molecular weight is 192 g/mol. The SMILES string of the molecule is Cc1cnc(C(=O)N2CC(N)C2)cn1. The summed E-state index contributed by atoms with van der Waals surface area (Å²) in [6.45, 7) is 3.07. The van der Waals surface area contributed by atoms with Crippen LogP contribution in [0.2, 0.25) is 0 Å². The monoisotopic (exact) mass is 192 g/mol. The quantitative estimate of drug-likeness (QED) is 0.655. The molecule has 2 N–H and O–H groups in total. The van der Waals surface area contributed by atoms with Crippen LogP contribution in [0.4, 0.5) is 0 Å². The number of aryl methyl sites for hydroxylation is 1. The first-order valence-corrected chi connectivity index (χ1v) is 4.50. The summed E-state index contributed by atoms with van der Waals surface area (Å²) in [6, 6.07) is 0.123. The Balaban J connectivity index is 2.08. The van der Waals surface area contributed by atoms with Crippen LogP contribution in [-0.4, -0.2) is 39.9 Å². The molecule has 1 amide bonds. The van der Waals surface area contributed by atoms with Gasteiger partial charge >= 0.3 is 0 Å². The van der Waals surface area contributed by atoms with E-state index in [-0.39, 0.29) is 11.9 Å². The highest BCUT2D eigenvalue weighted by atomic mass is 16.2. The molecular weight excluding hydrogens is 180 g/mol. The smallest absolute Gasteiger partial charge is 0.274 e. The van der Waals surface area contributed by atoms with Gasteiger partial charge in [0.15, 0.2) is 0 Å². The summed E-state index contributed by atoms with van der Waals surface area (Å²) in [5.41, 5.74) is 6.78. The number of rotatable bonds is 1. The molecule has 0 spiro atoms. The third kappa shape index (κ3) is 1.58. The topological polar surface area (TPSA) is 72.1 Å². The maximum atomic E-state index is 11.7. The summed E-state index contributed by atoms with van der Waals surface area (Å²) < 4.78 is 0. The lowest BCUT2D eigenvalue weighted by Crippen LogP contribution is -2.57. The van der Waals surface area contributed by atoms with Crippen molar-refractivity contribution in [2.75, 3.05) is 13.1 Å². The van der Waals surface area contributed by atoms with Gasteiger partial charge in [0.1, 0.15) is 5.69 Å². The first-order valence-electron chi connectivity index (χ1n) is 4.50. The molecule has 5 nitrogen and oxygen atoms in total. The minimum absolute atomic E-state index is 0.0841. The van der Waals surface area contributed by atoms with Crippen molar-refractivity contribution in [1.82, 2.24) is 14.9 Å². The van der Waals surface area contributed by atoms with Crippen LogP contribution in [0.25, 0.3) is 0 Å². The van der Waals surface area contributed by atoms with Gasteiger partial charge in [-0.2, -0.15) is 0 Å². The van der Waals surface area contributed by atoms with E-state index < -0.39 is 0 Å². The molecule has 1 saturated heterocycles. The van der Waals surface area contributed by atoms with Gasteiger partial charge in [-0.15, -0.1) is 0 Å². The molecule has 0 unspecified atom stereocenters. The molecule has 74 valence electrons. The molecule has 1 aliphatic heterocycles. The largest absolute Gasteiger partial charge is 0.334 e. The van der Waals surface area contributed by atoms with Gasteiger partial charge in [0.05, 0.1) is 11.9 Å². The Bertz CT molecular complexity index is 342. The molecule has 0 bridgehead atoms. The lowest BCUT2D eigenvalue weighted by molar-refractivity contribution is 0.0601. The van der Waals surface area contributed by atoms with Crippen molar-refractivity contribution in [3.8, 4) is 0 Å². The van der Waals surface area contributed by atoms with Crippen LogP contribution < -0.4 is 5.73 Å². The maximum Gasteiger partial charge on any atom is 0.274 e. The molecule has 0 aliphatic carbocycles. The lowest BCUT2D eigenvalue weighted by atomic mass is 10.1. The summed E-state index contributed by atoms with van der Waals surface area (Å²) in [4.78, 5) is 21.4. The Hall–Kier alpha value is -1.49. The van der Waals surface area contributed by atoms with Crippen molar-refractivity contribution in [2.24, 2.45) is 5.73 Å². The minimum Gasteiger partial charge on any atom is -0.334 e. The van der Waals surface area contributed by atoms with Crippen molar-refractivity contribution in [2.45, 2.75) is 13.0 Å². The Morgan fingerprint density at radius 3 is 2.71 bits per heavy atom. The normalized spacial score (nSPS) is 16.6. The first-order chi connectivity index (χ1) is 6.66. The van der Waals surface area contributed by atoms with Crippen molar-refractivity contribution < 1.29 is 4.79 Å². The number of carbonyl (C=O) groups is 1. The molecule has 1 aromatic heterocycles. The summed E-state index contributed by atoms with van der Waals surface area (Å²) in [5.74, 6) is -0.0841. The first kappa shape index (κ1) is 9.08. The Morgan fingerprint density at radius 2 is 2.21 bits per heavy atom. The third-order valence-electron chi connectivity index (χ3n) is 2.20. The highest BCUT2D eigenvalue weighted by Crippen LogP contribution is 2.09. The van der Waals surface area contributed by atoms with Crippen molar-refractivity contribution in [3.05, 3.63) is 23.8 Å². The third-order valence-corrected chi connectivity index (χ3v) is 2.20. The number of hydrogen-bond acceptors (Lipinski definition) is 4. The van der Waals surface area contributed by atoms with E-state index in [1.165, 1.54) is 6.20 Å². The molecule has 0 atom stereocenters. The highest BCUT2D eigenvalue weighted by molar-refractivity contribution is 5.92. The standard InChI is InChI=1S/C9H12N4O/c1-6-2-12-8(3-11-6)9(14)13-4-7(10)5-13/h2-3,7H,4-5,10H2,1H3. The fraction of sp³-hybridized carbons (Fsp3) is 0.444.